The molecule has 0 atom stereocenters. The van der Waals surface area contributed by atoms with E-state index in [1.807, 2.05) is 24.3 Å². The molecule has 0 spiro atoms. The Bertz CT molecular complexity index is 1160. The Labute approximate surface area is 192 Å². The van der Waals surface area contributed by atoms with Gasteiger partial charge in [0.05, 0.1) is 4.90 Å². The summed E-state index contributed by atoms with van der Waals surface area (Å²) in [6.07, 6.45) is 1.60. The summed E-state index contributed by atoms with van der Waals surface area (Å²) in [5.74, 6) is -1.27. The minimum Gasteiger partial charge on any atom is -0.369 e. The van der Waals surface area contributed by atoms with Crippen molar-refractivity contribution < 1.29 is 22.8 Å². The molecule has 2 aliphatic rings. The first kappa shape index (κ1) is 23.4. The molecule has 4 rings (SSSR count). The molecule has 0 saturated carbocycles. The third kappa shape index (κ3) is 4.93. The molecule has 2 N–H and O–H groups in total. The fourth-order valence-corrected chi connectivity index (χ4v) is 5.50. The van der Waals surface area contributed by atoms with Crippen LogP contribution in [-0.2, 0) is 14.8 Å². The van der Waals surface area contributed by atoms with Gasteiger partial charge in [0.15, 0.2) is 0 Å². The van der Waals surface area contributed by atoms with E-state index >= 15 is 0 Å². The van der Waals surface area contributed by atoms with Crippen molar-refractivity contribution in [2.45, 2.75) is 11.3 Å². The average Bonchev–Trinajstić information content (AvgIpc) is 2.84. The Morgan fingerprint density at radius 1 is 1.03 bits per heavy atom. The second-order valence-corrected chi connectivity index (χ2v) is 10.2. The molecule has 33 heavy (non-hydrogen) atoms. The Hall–Kier alpha value is -2.79. The van der Waals surface area contributed by atoms with Gasteiger partial charge >= 0.3 is 0 Å². The third-order valence-corrected chi connectivity index (χ3v) is 8.05. The molecule has 2 heterocycles. The number of hydroxylamine groups is 1. The lowest BCUT2D eigenvalue weighted by atomic mass is 10.0. The second kappa shape index (κ2) is 9.60. The lowest BCUT2D eigenvalue weighted by Gasteiger charge is -2.34. The van der Waals surface area contributed by atoms with E-state index in [2.05, 4.69) is 16.8 Å². The summed E-state index contributed by atoms with van der Waals surface area (Å²) in [5.41, 5.74) is 3.95. The average molecular weight is 475 g/mol. The number of nitrogens with zero attached hydrogens (tertiary/aromatic N) is 3. The summed E-state index contributed by atoms with van der Waals surface area (Å²) < 4.78 is 42.0. The highest BCUT2D eigenvalue weighted by molar-refractivity contribution is 7.89. The Morgan fingerprint density at radius 2 is 1.73 bits per heavy atom. The summed E-state index contributed by atoms with van der Waals surface area (Å²) >= 11 is 0. The first-order valence-corrected chi connectivity index (χ1v) is 12.2. The molecule has 8 nitrogen and oxygen atoms in total. The number of benzene rings is 2. The smallest absolute Gasteiger partial charge is 0.270 e. The molecule has 0 unspecified atom stereocenters. The molecule has 0 radical (unpaired) electrons. The maximum atomic E-state index is 15.0. The van der Waals surface area contributed by atoms with Gasteiger partial charge in [-0.2, -0.15) is 4.31 Å². The van der Waals surface area contributed by atoms with Gasteiger partial charge in [-0.25, -0.2) is 18.3 Å². The number of nitrogens with one attached hydrogen (secondary N) is 1. The number of sulfonamides is 1. The van der Waals surface area contributed by atoms with E-state index in [9.17, 15) is 17.6 Å². The zero-order valence-electron chi connectivity index (χ0n) is 18.4. The van der Waals surface area contributed by atoms with Gasteiger partial charge in [0, 0.05) is 56.1 Å². The van der Waals surface area contributed by atoms with Crippen molar-refractivity contribution >= 4 is 21.6 Å². The van der Waals surface area contributed by atoms with Gasteiger partial charge in [-0.3, -0.25) is 10.0 Å². The SMILES string of the molecule is CN1CCN(c2ccc(-c3ccc(S(=O)(=O)N4CC=C(C(=O)NO)CC4)cc3F)cc2)CC1. The van der Waals surface area contributed by atoms with Crippen molar-refractivity contribution in [3.8, 4) is 11.1 Å². The van der Waals surface area contributed by atoms with Gasteiger partial charge in [-0.05, 0) is 43.3 Å². The van der Waals surface area contributed by atoms with Crippen LogP contribution in [0, 0.1) is 5.82 Å². The van der Waals surface area contributed by atoms with Gasteiger partial charge in [0.25, 0.3) is 5.91 Å². The molecule has 0 aromatic heterocycles. The van der Waals surface area contributed by atoms with E-state index in [-0.39, 0.29) is 24.4 Å². The number of carbonyl (C=O) groups excluding carboxylic acids is 1. The topological polar surface area (TPSA) is 93.2 Å². The van der Waals surface area contributed by atoms with Crippen molar-refractivity contribution in [3.05, 3.63) is 59.9 Å². The summed E-state index contributed by atoms with van der Waals surface area (Å²) in [6, 6.07) is 11.6. The van der Waals surface area contributed by atoms with E-state index < -0.39 is 21.7 Å². The first-order valence-electron chi connectivity index (χ1n) is 10.8. The number of amides is 1. The van der Waals surface area contributed by atoms with Crippen molar-refractivity contribution in [1.29, 1.82) is 0 Å². The largest absolute Gasteiger partial charge is 0.369 e. The van der Waals surface area contributed by atoms with Crippen LogP contribution in [-0.4, -0.2) is 75.1 Å². The molecule has 0 aliphatic carbocycles. The maximum absolute atomic E-state index is 15.0. The zero-order chi connectivity index (χ0) is 23.6. The number of piperazine rings is 1. The van der Waals surface area contributed by atoms with Crippen LogP contribution in [0.5, 0.6) is 0 Å². The quantitative estimate of drug-likeness (QED) is 0.509. The summed E-state index contributed by atoms with van der Waals surface area (Å²) in [7, 11) is -1.82. The molecule has 1 amide bonds. The number of hydrogen-bond acceptors (Lipinski definition) is 6. The first-order chi connectivity index (χ1) is 15.8. The number of anilines is 1. The maximum Gasteiger partial charge on any atom is 0.270 e. The van der Waals surface area contributed by atoms with Crippen LogP contribution in [0.2, 0.25) is 0 Å². The monoisotopic (exact) mass is 474 g/mol. The van der Waals surface area contributed by atoms with Crippen molar-refractivity contribution in [2.75, 3.05) is 51.2 Å². The van der Waals surface area contributed by atoms with Crippen LogP contribution >= 0.6 is 0 Å². The van der Waals surface area contributed by atoms with E-state index in [1.165, 1.54) is 22.5 Å². The fraction of sp³-hybridized carbons (Fsp3) is 0.348. The third-order valence-electron chi connectivity index (χ3n) is 6.19. The minimum atomic E-state index is -3.92. The molecule has 1 saturated heterocycles. The van der Waals surface area contributed by atoms with Gasteiger partial charge in [-0.15, -0.1) is 0 Å². The summed E-state index contributed by atoms with van der Waals surface area (Å²) in [5, 5.41) is 8.71. The molecule has 2 aliphatic heterocycles. The highest BCUT2D eigenvalue weighted by Crippen LogP contribution is 2.29. The van der Waals surface area contributed by atoms with Crippen LogP contribution in [0.4, 0.5) is 10.1 Å². The van der Waals surface area contributed by atoms with E-state index in [4.69, 9.17) is 5.21 Å². The van der Waals surface area contributed by atoms with Gasteiger partial charge in [0.1, 0.15) is 5.82 Å². The van der Waals surface area contributed by atoms with E-state index in [1.54, 1.807) is 5.48 Å². The number of rotatable bonds is 5. The lowest BCUT2D eigenvalue weighted by Crippen LogP contribution is -2.44. The van der Waals surface area contributed by atoms with E-state index in [0.717, 1.165) is 37.9 Å². The van der Waals surface area contributed by atoms with Crippen LogP contribution in [0.15, 0.2) is 59.0 Å². The molecule has 2 aromatic carbocycles. The number of hydrogen-bond donors (Lipinski definition) is 2. The standard InChI is InChI=1S/C23H27FN4O4S/c1-26-12-14-27(15-13-26)19-4-2-17(3-5-19)21-7-6-20(16-22(21)24)33(31,32)28-10-8-18(9-11-28)23(29)25-30/h2-8,16,30H,9-15H2,1H3,(H,25,29). The molecular formula is C23H27FN4O4S. The van der Waals surface area contributed by atoms with Crippen molar-refractivity contribution in [1.82, 2.24) is 14.7 Å². The Morgan fingerprint density at radius 3 is 2.30 bits per heavy atom. The highest BCUT2D eigenvalue weighted by Gasteiger charge is 2.28. The Kier molecular flexibility index (Phi) is 6.80. The van der Waals surface area contributed by atoms with Crippen LogP contribution < -0.4 is 10.4 Å². The molecule has 176 valence electrons. The lowest BCUT2D eigenvalue weighted by molar-refractivity contribution is -0.125. The molecular weight excluding hydrogens is 447 g/mol. The van der Waals surface area contributed by atoms with Crippen molar-refractivity contribution in [3.63, 3.8) is 0 Å². The number of carbonyl (C=O) groups is 1. The fourth-order valence-electron chi connectivity index (χ4n) is 4.10. The van der Waals surface area contributed by atoms with Crippen LogP contribution in [0.3, 0.4) is 0 Å². The predicted octanol–water partition coefficient (Wildman–Crippen LogP) is 2.07. The zero-order valence-corrected chi connectivity index (χ0v) is 19.2. The summed E-state index contributed by atoms with van der Waals surface area (Å²) in [6.45, 7) is 3.91. The molecule has 0 bridgehead atoms. The number of halogens is 1. The second-order valence-electron chi connectivity index (χ2n) is 8.26. The molecule has 10 heteroatoms. The normalized spacial score (nSPS) is 18.2. The summed E-state index contributed by atoms with van der Waals surface area (Å²) in [4.78, 5) is 15.9. The van der Waals surface area contributed by atoms with E-state index in [0.29, 0.717) is 16.7 Å². The van der Waals surface area contributed by atoms with Gasteiger partial charge in [0.2, 0.25) is 10.0 Å². The molecule has 2 aromatic rings. The highest BCUT2D eigenvalue weighted by atomic mass is 32.2. The molecule has 1 fully saturated rings. The predicted molar refractivity (Wildman–Crippen MR) is 123 cm³/mol. The van der Waals surface area contributed by atoms with Crippen LogP contribution in [0.1, 0.15) is 6.42 Å². The van der Waals surface area contributed by atoms with Crippen LogP contribution in [0.25, 0.3) is 11.1 Å². The van der Waals surface area contributed by atoms with Crippen molar-refractivity contribution in [2.24, 2.45) is 0 Å². The van der Waals surface area contributed by atoms with Gasteiger partial charge < -0.3 is 9.80 Å². The Balaban J connectivity index is 1.50. The van der Waals surface area contributed by atoms with Gasteiger partial charge in [-0.1, -0.05) is 24.3 Å². The minimum absolute atomic E-state index is 0.0256. The number of likely N-dealkylation sites (N-methyl/N-ethyl adjacent to an activating group) is 1.